The van der Waals surface area contributed by atoms with E-state index in [9.17, 15) is 18.0 Å². The summed E-state index contributed by atoms with van der Waals surface area (Å²) >= 11 is 7.30. The zero-order valence-corrected chi connectivity index (χ0v) is 20.0. The molecule has 7 nitrogen and oxygen atoms in total. The third-order valence-corrected chi connectivity index (χ3v) is 7.85. The van der Waals surface area contributed by atoms with Crippen LogP contribution in [0.3, 0.4) is 0 Å². The number of fused-ring (bicyclic) bond motifs is 1. The Bertz CT molecular complexity index is 1080. The molecule has 10 heteroatoms. The molecule has 1 aromatic heterocycles. The Labute approximate surface area is 191 Å². The second-order valence-electron chi connectivity index (χ2n) is 7.36. The number of nitrogens with zero attached hydrogens (tertiary/aromatic N) is 1. The molecule has 1 aromatic carbocycles. The molecule has 3 rings (SSSR count). The van der Waals surface area contributed by atoms with Crippen molar-refractivity contribution in [2.24, 2.45) is 0 Å². The Morgan fingerprint density at radius 3 is 2.45 bits per heavy atom. The van der Waals surface area contributed by atoms with Crippen molar-refractivity contribution in [3.63, 3.8) is 0 Å². The summed E-state index contributed by atoms with van der Waals surface area (Å²) in [5.41, 5.74) is 1.64. The quantitative estimate of drug-likeness (QED) is 0.593. The Balaban J connectivity index is 1.98. The lowest BCUT2D eigenvalue weighted by molar-refractivity contribution is -0.117. The monoisotopic (exact) mass is 484 g/mol. The number of aryl methyl sites for hydroxylation is 1. The molecule has 2 aromatic rings. The second-order valence-corrected chi connectivity index (χ2v) is 10.8. The van der Waals surface area contributed by atoms with Crippen LogP contribution < -0.4 is 9.62 Å². The lowest BCUT2D eigenvalue weighted by Gasteiger charge is -2.30. The Morgan fingerprint density at radius 1 is 1.23 bits per heavy atom. The number of thiophene rings is 1. The summed E-state index contributed by atoms with van der Waals surface area (Å²) < 4.78 is 31.2. The average Bonchev–Trinajstić information content (AvgIpc) is 3.09. The van der Waals surface area contributed by atoms with Crippen molar-refractivity contribution < 1.29 is 22.7 Å². The number of esters is 1. The fourth-order valence-corrected chi connectivity index (χ4v) is 6.43. The largest absolute Gasteiger partial charge is 0.465 e. The van der Waals surface area contributed by atoms with E-state index in [4.69, 9.17) is 16.3 Å². The summed E-state index contributed by atoms with van der Waals surface area (Å²) in [5, 5.41) is 3.68. The van der Waals surface area contributed by atoms with Crippen molar-refractivity contribution in [3.05, 3.63) is 45.3 Å². The summed E-state index contributed by atoms with van der Waals surface area (Å²) in [4.78, 5) is 26.8. The number of rotatable bonds is 7. The maximum Gasteiger partial charge on any atom is 0.341 e. The van der Waals surface area contributed by atoms with Gasteiger partial charge in [-0.15, -0.1) is 11.3 Å². The van der Waals surface area contributed by atoms with E-state index in [0.29, 0.717) is 21.3 Å². The minimum atomic E-state index is -3.77. The Kier molecular flexibility index (Phi) is 7.28. The lowest BCUT2D eigenvalue weighted by atomic mass is 9.95. The molecule has 1 unspecified atom stereocenters. The number of methoxy groups -OCH3 is 1. The highest BCUT2D eigenvalue weighted by atomic mass is 35.5. The normalized spacial score (nSPS) is 14.5. The third-order valence-electron chi connectivity index (χ3n) is 5.21. The molecule has 0 radical (unpaired) electrons. The van der Waals surface area contributed by atoms with Crippen LogP contribution >= 0.6 is 22.9 Å². The fraction of sp³-hybridized carbons (Fsp3) is 0.429. The van der Waals surface area contributed by atoms with Crippen LogP contribution in [0, 0.1) is 0 Å². The highest BCUT2D eigenvalue weighted by Gasteiger charge is 2.34. The predicted octanol–water partition coefficient (Wildman–Crippen LogP) is 4.25. The van der Waals surface area contributed by atoms with Gasteiger partial charge in [0.15, 0.2) is 0 Å². The first-order chi connectivity index (χ1) is 14.7. The molecule has 0 bridgehead atoms. The predicted molar refractivity (Wildman–Crippen MR) is 124 cm³/mol. The van der Waals surface area contributed by atoms with E-state index in [1.54, 1.807) is 31.2 Å². The fourth-order valence-electron chi connectivity index (χ4n) is 3.82. The summed E-state index contributed by atoms with van der Waals surface area (Å²) in [5.74, 6) is -1.01. The van der Waals surface area contributed by atoms with Crippen LogP contribution in [0.5, 0.6) is 0 Å². The molecule has 1 atom stereocenters. The van der Waals surface area contributed by atoms with Gasteiger partial charge in [0.2, 0.25) is 15.9 Å². The maximum absolute atomic E-state index is 13.3. The molecule has 168 valence electrons. The van der Waals surface area contributed by atoms with E-state index < -0.39 is 27.9 Å². The molecule has 1 heterocycles. The molecule has 0 spiro atoms. The number of carbonyl (C=O) groups is 2. The van der Waals surface area contributed by atoms with Crippen molar-refractivity contribution in [3.8, 4) is 0 Å². The van der Waals surface area contributed by atoms with Crippen LogP contribution in [-0.2, 0) is 32.4 Å². The Hall–Kier alpha value is -2.10. The first kappa shape index (κ1) is 23.6. The van der Waals surface area contributed by atoms with Gasteiger partial charge in [0.1, 0.15) is 11.0 Å². The standard InChI is InChI=1S/C21H25ClN2O5S2/c1-4-16(24(31(3,27)28)14-11-9-13(22)10-12-14)19(25)23-20-18(21(26)29-2)15-7-5-6-8-17(15)30-20/h9-12,16H,4-8H2,1-3H3,(H,23,25). The Morgan fingerprint density at radius 2 is 1.87 bits per heavy atom. The molecular weight excluding hydrogens is 460 g/mol. The number of carbonyl (C=O) groups excluding carboxylic acids is 2. The van der Waals surface area contributed by atoms with E-state index in [-0.39, 0.29) is 6.42 Å². The SMILES string of the molecule is CCC(C(=O)Nc1sc2c(c1C(=O)OC)CCCC2)N(c1ccc(Cl)cc1)S(C)(=O)=O. The molecule has 1 aliphatic carbocycles. The lowest BCUT2D eigenvalue weighted by Crippen LogP contribution is -2.47. The summed E-state index contributed by atoms with van der Waals surface area (Å²) in [7, 11) is -2.46. The molecule has 0 fully saturated rings. The molecule has 0 saturated carbocycles. The van der Waals surface area contributed by atoms with E-state index in [1.165, 1.54) is 18.4 Å². The number of ether oxygens (including phenoxy) is 1. The highest BCUT2D eigenvalue weighted by Crippen LogP contribution is 2.39. The van der Waals surface area contributed by atoms with Crippen molar-refractivity contribution in [1.82, 2.24) is 0 Å². The van der Waals surface area contributed by atoms with Gasteiger partial charge < -0.3 is 10.1 Å². The van der Waals surface area contributed by atoms with Gasteiger partial charge in [0, 0.05) is 9.90 Å². The minimum Gasteiger partial charge on any atom is -0.465 e. The van der Waals surface area contributed by atoms with Crippen LogP contribution in [-0.4, -0.2) is 39.7 Å². The summed E-state index contributed by atoms with van der Waals surface area (Å²) in [6.45, 7) is 1.74. The van der Waals surface area contributed by atoms with Gasteiger partial charge in [0.05, 0.1) is 24.6 Å². The highest BCUT2D eigenvalue weighted by molar-refractivity contribution is 7.92. The van der Waals surface area contributed by atoms with Crippen molar-refractivity contribution in [2.75, 3.05) is 23.0 Å². The molecule has 1 amide bonds. The van der Waals surface area contributed by atoms with Crippen molar-refractivity contribution in [2.45, 2.75) is 45.1 Å². The van der Waals surface area contributed by atoms with Crippen LogP contribution in [0.25, 0.3) is 0 Å². The summed E-state index contributed by atoms with van der Waals surface area (Å²) in [6.07, 6.45) is 4.89. The van der Waals surface area contributed by atoms with Gasteiger partial charge in [-0.3, -0.25) is 9.10 Å². The van der Waals surface area contributed by atoms with Crippen molar-refractivity contribution in [1.29, 1.82) is 0 Å². The number of amides is 1. The summed E-state index contributed by atoms with van der Waals surface area (Å²) in [6, 6.07) is 5.26. The molecule has 0 saturated heterocycles. The maximum atomic E-state index is 13.3. The van der Waals surface area contributed by atoms with Gasteiger partial charge in [0.25, 0.3) is 0 Å². The first-order valence-corrected chi connectivity index (χ1v) is 13.0. The van der Waals surface area contributed by atoms with Crippen molar-refractivity contribution >= 4 is 55.5 Å². The van der Waals surface area contributed by atoms with E-state index in [0.717, 1.165) is 46.7 Å². The van der Waals surface area contributed by atoms with Crippen LogP contribution in [0.4, 0.5) is 10.7 Å². The molecule has 0 aliphatic heterocycles. The van der Waals surface area contributed by atoms with Gasteiger partial charge in [-0.2, -0.15) is 0 Å². The van der Waals surface area contributed by atoms with E-state index >= 15 is 0 Å². The average molecular weight is 485 g/mol. The van der Waals surface area contributed by atoms with Crippen LogP contribution in [0.2, 0.25) is 5.02 Å². The van der Waals surface area contributed by atoms with Gasteiger partial charge >= 0.3 is 5.97 Å². The smallest absolute Gasteiger partial charge is 0.341 e. The number of hydrogen-bond donors (Lipinski definition) is 1. The number of halogens is 1. The van der Waals surface area contributed by atoms with Gasteiger partial charge in [-0.1, -0.05) is 18.5 Å². The molecule has 31 heavy (non-hydrogen) atoms. The number of benzene rings is 1. The second kappa shape index (κ2) is 9.58. The minimum absolute atomic E-state index is 0.236. The van der Waals surface area contributed by atoms with Crippen LogP contribution in [0.15, 0.2) is 24.3 Å². The first-order valence-electron chi connectivity index (χ1n) is 9.96. The van der Waals surface area contributed by atoms with Crippen LogP contribution in [0.1, 0.15) is 47.0 Å². The number of nitrogens with one attached hydrogen (secondary N) is 1. The topological polar surface area (TPSA) is 92.8 Å². The number of hydrogen-bond acceptors (Lipinski definition) is 6. The number of anilines is 2. The zero-order valence-electron chi connectivity index (χ0n) is 17.6. The van der Waals surface area contributed by atoms with Gasteiger partial charge in [-0.25, -0.2) is 13.2 Å². The van der Waals surface area contributed by atoms with E-state index in [2.05, 4.69) is 5.32 Å². The molecule has 1 N–H and O–H groups in total. The molecular formula is C21H25ClN2O5S2. The molecule has 1 aliphatic rings. The zero-order chi connectivity index (χ0) is 22.8. The third kappa shape index (κ3) is 5.05. The van der Waals surface area contributed by atoms with E-state index in [1.807, 2.05) is 0 Å². The van der Waals surface area contributed by atoms with Gasteiger partial charge in [-0.05, 0) is 61.9 Å². The number of sulfonamides is 1.